The highest BCUT2D eigenvalue weighted by Gasteiger charge is 2.23. The molecule has 1 aromatic carbocycles. The van der Waals surface area contributed by atoms with Crippen molar-refractivity contribution in [2.75, 3.05) is 0 Å². The molecule has 2 heteroatoms. The van der Waals surface area contributed by atoms with E-state index < -0.39 is 0 Å². The molecule has 0 unspecified atom stereocenters. The number of ether oxygens (including phenoxy) is 1. The lowest BCUT2D eigenvalue weighted by molar-refractivity contribution is 0.205. The van der Waals surface area contributed by atoms with Gasteiger partial charge in [-0.1, -0.05) is 38.4 Å². The van der Waals surface area contributed by atoms with Crippen molar-refractivity contribution in [1.82, 2.24) is 0 Å². The van der Waals surface area contributed by atoms with Gasteiger partial charge in [-0.3, -0.25) is 0 Å². The summed E-state index contributed by atoms with van der Waals surface area (Å²) >= 11 is 6.07. The summed E-state index contributed by atoms with van der Waals surface area (Å²) in [5, 5.41) is 0.756. The van der Waals surface area contributed by atoms with Crippen molar-refractivity contribution < 1.29 is 4.74 Å². The third kappa shape index (κ3) is 3.16. The standard InChI is InChI=1S/C15H21ClO/c1-15(2,3)13-9-8-11(16)10-14(13)17-12-6-4-5-7-12/h8-10,12H,4-7H2,1-3H3. The van der Waals surface area contributed by atoms with Crippen LogP contribution in [0, 0.1) is 0 Å². The second kappa shape index (κ2) is 4.89. The van der Waals surface area contributed by atoms with Crippen LogP contribution >= 0.6 is 11.6 Å². The monoisotopic (exact) mass is 252 g/mol. The molecular weight excluding hydrogens is 232 g/mol. The van der Waals surface area contributed by atoms with Crippen molar-refractivity contribution in [2.45, 2.75) is 58.0 Å². The van der Waals surface area contributed by atoms with E-state index in [-0.39, 0.29) is 5.41 Å². The molecule has 1 aliphatic rings. The zero-order chi connectivity index (χ0) is 12.5. The second-order valence-electron chi connectivity index (χ2n) is 5.91. The molecule has 17 heavy (non-hydrogen) atoms. The molecule has 0 heterocycles. The molecule has 1 fully saturated rings. The Morgan fingerprint density at radius 2 is 1.82 bits per heavy atom. The van der Waals surface area contributed by atoms with Crippen molar-refractivity contribution in [3.63, 3.8) is 0 Å². The molecule has 0 amide bonds. The van der Waals surface area contributed by atoms with Gasteiger partial charge in [0.25, 0.3) is 0 Å². The number of hydrogen-bond acceptors (Lipinski definition) is 1. The summed E-state index contributed by atoms with van der Waals surface area (Å²) in [4.78, 5) is 0. The van der Waals surface area contributed by atoms with Crippen LogP contribution in [-0.2, 0) is 5.41 Å². The van der Waals surface area contributed by atoms with Gasteiger partial charge >= 0.3 is 0 Å². The van der Waals surface area contributed by atoms with Crippen molar-refractivity contribution in [3.05, 3.63) is 28.8 Å². The Morgan fingerprint density at radius 3 is 2.41 bits per heavy atom. The van der Waals surface area contributed by atoms with Gasteiger partial charge in [0.05, 0.1) is 6.10 Å². The van der Waals surface area contributed by atoms with Crippen LogP contribution in [0.25, 0.3) is 0 Å². The Kier molecular flexibility index (Phi) is 3.67. The summed E-state index contributed by atoms with van der Waals surface area (Å²) in [5.74, 6) is 0.969. The van der Waals surface area contributed by atoms with Crippen LogP contribution in [0.5, 0.6) is 5.75 Å². The van der Waals surface area contributed by atoms with Gasteiger partial charge in [-0.25, -0.2) is 0 Å². The van der Waals surface area contributed by atoms with Gasteiger partial charge in [-0.05, 0) is 48.8 Å². The van der Waals surface area contributed by atoms with E-state index in [1.165, 1.54) is 31.2 Å². The van der Waals surface area contributed by atoms with Gasteiger partial charge in [0.15, 0.2) is 0 Å². The first-order chi connectivity index (χ1) is 7.97. The van der Waals surface area contributed by atoms with E-state index >= 15 is 0 Å². The van der Waals surface area contributed by atoms with Gasteiger partial charge in [0.2, 0.25) is 0 Å². The average molecular weight is 253 g/mol. The highest BCUT2D eigenvalue weighted by Crippen LogP contribution is 2.35. The summed E-state index contributed by atoms with van der Waals surface area (Å²) in [5.41, 5.74) is 1.34. The zero-order valence-corrected chi connectivity index (χ0v) is 11.7. The number of hydrogen-bond donors (Lipinski definition) is 0. The summed E-state index contributed by atoms with van der Waals surface area (Å²) in [6.07, 6.45) is 5.31. The first-order valence-corrected chi connectivity index (χ1v) is 6.81. The van der Waals surface area contributed by atoms with Crippen molar-refractivity contribution in [2.24, 2.45) is 0 Å². The van der Waals surface area contributed by atoms with Crippen molar-refractivity contribution in [3.8, 4) is 5.75 Å². The largest absolute Gasteiger partial charge is 0.490 e. The van der Waals surface area contributed by atoms with Crippen LogP contribution in [0.1, 0.15) is 52.0 Å². The van der Waals surface area contributed by atoms with Crippen LogP contribution in [0.3, 0.4) is 0 Å². The first kappa shape index (κ1) is 12.8. The Labute approximate surface area is 109 Å². The fraction of sp³-hybridized carbons (Fsp3) is 0.600. The van der Waals surface area contributed by atoms with Gasteiger partial charge in [0, 0.05) is 5.02 Å². The van der Waals surface area contributed by atoms with E-state index in [9.17, 15) is 0 Å². The van der Waals surface area contributed by atoms with Gasteiger partial charge in [-0.2, -0.15) is 0 Å². The van der Waals surface area contributed by atoms with Crippen LogP contribution < -0.4 is 4.74 Å². The maximum atomic E-state index is 6.13. The molecular formula is C15H21ClO. The van der Waals surface area contributed by atoms with Crippen molar-refractivity contribution in [1.29, 1.82) is 0 Å². The normalized spacial score (nSPS) is 17.4. The SMILES string of the molecule is CC(C)(C)c1ccc(Cl)cc1OC1CCCC1. The van der Waals surface area contributed by atoms with Crippen LogP contribution in [0.4, 0.5) is 0 Å². The molecule has 0 atom stereocenters. The highest BCUT2D eigenvalue weighted by molar-refractivity contribution is 6.30. The Hall–Kier alpha value is -0.690. The summed E-state index contributed by atoms with van der Waals surface area (Å²) < 4.78 is 6.13. The number of benzene rings is 1. The van der Waals surface area contributed by atoms with E-state index in [1.54, 1.807) is 0 Å². The quantitative estimate of drug-likeness (QED) is 0.723. The maximum Gasteiger partial charge on any atom is 0.124 e. The first-order valence-electron chi connectivity index (χ1n) is 6.43. The molecule has 0 radical (unpaired) electrons. The van der Waals surface area contributed by atoms with E-state index in [0.29, 0.717) is 6.10 Å². The molecule has 0 aromatic heterocycles. The minimum absolute atomic E-state index is 0.0958. The van der Waals surface area contributed by atoms with E-state index in [0.717, 1.165) is 10.8 Å². The molecule has 2 rings (SSSR count). The Morgan fingerprint density at radius 1 is 1.18 bits per heavy atom. The number of halogens is 1. The fourth-order valence-corrected chi connectivity index (χ4v) is 2.56. The molecule has 1 saturated carbocycles. The molecule has 1 nitrogen and oxygen atoms in total. The fourth-order valence-electron chi connectivity index (χ4n) is 2.40. The zero-order valence-electron chi connectivity index (χ0n) is 10.9. The molecule has 0 aliphatic heterocycles. The average Bonchev–Trinajstić information content (AvgIpc) is 2.68. The third-order valence-corrected chi connectivity index (χ3v) is 3.58. The predicted octanol–water partition coefficient (Wildman–Crippen LogP) is 4.96. The minimum Gasteiger partial charge on any atom is -0.490 e. The van der Waals surface area contributed by atoms with Crippen molar-refractivity contribution >= 4 is 11.6 Å². The van der Waals surface area contributed by atoms with Crippen LogP contribution in [0.2, 0.25) is 5.02 Å². The molecule has 0 saturated heterocycles. The number of rotatable bonds is 2. The molecule has 0 spiro atoms. The maximum absolute atomic E-state index is 6.13. The Bertz CT molecular complexity index is 386. The summed E-state index contributed by atoms with van der Waals surface area (Å²) in [6, 6.07) is 6.00. The van der Waals surface area contributed by atoms with E-state index in [2.05, 4.69) is 26.8 Å². The third-order valence-electron chi connectivity index (χ3n) is 3.35. The summed E-state index contributed by atoms with van der Waals surface area (Å²) in [7, 11) is 0. The second-order valence-corrected chi connectivity index (χ2v) is 6.35. The van der Waals surface area contributed by atoms with Crippen LogP contribution in [0.15, 0.2) is 18.2 Å². The highest BCUT2D eigenvalue weighted by atomic mass is 35.5. The lowest BCUT2D eigenvalue weighted by atomic mass is 9.86. The molecule has 0 N–H and O–H groups in total. The topological polar surface area (TPSA) is 9.23 Å². The summed E-state index contributed by atoms with van der Waals surface area (Å²) in [6.45, 7) is 6.62. The minimum atomic E-state index is 0.0958. The predicted molar refractivity (Wildman–Crippen MR) is 73.0 cm³/mol. The van der Waals surface area contributed by atoms with Gasteiger partial charge in [-0.15, -0.1) is 0 Å². The van der Waals surface area contributed by atoms with E-state index in [1.807, 2.05) is 12.1 Å². The Balaban J connectivity index is 2.26. The lowest BCUT2D eigenvalue weighted by Gasteiger charge is -2.25. The van der Waals surface area contributed by atoms with Crippen LogP contribution in [-0.4, -0.2) is 6.10 Å². The molecule has 1 aromatic rings. The molecule has 0 bridgehead atoms. The lowest BCUT2D eigenvalue weighted by Crippen LogP contribution is -2.17. The van der Waals surface area contributed by atoms with Gasteiger partial charge in [0.1, 0.15) is 5.75 Å². The molecule has 1 aliphatic carbocycles. The molecule has 94 valence electrons. The van der Waals surface area contributed by atoms with Gasteiger partial charge < -0.3 is 4.74 Å². The smallest absolute Gasteiger partial charge is 0.124 e. The van der Waals surface area contributed by atoms with E-state index in [4.69, 9.17) is 16.3 Å².